The molecule has 1 fully saturated rings. The van der Waals surface area contributed by atoms with Crippen molar-refractivity contribution in [2.75, 3.05) is 13.1 Å². The summed E-state index contributed by atoms with van der Waals surface area (Å²) in [6.07, 6.45) is 5.47. The van der Waals surface area contributed by atoms with Gasteiger partial charge in [-0.25, -0.2) is 0 Å². The van der Waals surface area contributed by atoms with Crippen LogP contribution < -0.4 is 5.32 Å². The van der Waals surface area contributed by atoms with Gasteiger partial charge in [0.05, 0.1) is 11.2 Å². The molecule has 112 valence electrons. The van der Waals surface area contributed by atoms with Crippen molar-refractivity contribution in [2.45, 2.75) is 52.5 Å². The molecule has 0 aromatic carbocycles. The number of hydrogen-bond donors (Lipinski definition) is 1. The van der Waals surface area contributed by atoms with Gasteiger partial charge in [-0.1, -0.05) is 24.9 Å². The molecule has 0 aliphatic carbocycles. The molecule has 0 bridgehead atoms. The van der Waals surface area contributed by atoms with Crippen LogP contribution in [-0.2, 0) is 0 Å². The van der Waals surface area contributed by atoms with Gasteiger partial charge in [0.15, 0.2) is 5.78 Å². The maximum atomic E-state index is 13.1. The monoisotopic (exact) mass is 297 g/mol. The summed E-state index contributed by atoms with van der Waals surface area (Å²) in [5.41, 5.74) is 0.266. The first-order chi connectivity index (χ1) is 9.52. The third kappa shape index (κ3) is 2.77. The van der Waals surface area contributed by atoms with E-state index >= 15 is 0 Å². The highest BCUT2D eigenvalue weighted by Gasteiger charge is 2.41. The van der Waals surface area contributed by atoms with Crippen molar-refractivity contribution in [2.24, 2.45) is 5.41 Å². The summed E-state index contributed by atoms with van der Waals surface area (Å²) in [7, 11) is 0. The molecule has 1 unspecified atom stereocenters. The van der Waals surface area contributed by atoms with E-state index in [1.54, 1.807) is 10.9 Å². The van der Waals surface area contributed by atoms with Crippen molar-refractivity contribution in [1.29, 1.82) is 0 Å². The molecule has 1 atom stereocenters. The number of rotatable bonds is 5. The molecule has 0 amide bonds. The Balaban J connectivity index is 2.39. The Labute approximate surface area is 125 Å². The third-order valence-electron chi connectivity index (χ3n) is 4.14. The molecule has 2 rings (SSSR count). The molecule has 1 aromatic heterocycles. The Morgan fingerprint density at radius 1 is 1.60 bits per heavy atom. The molecule has 0 spiro atoms. The van der Waals surface area contributed by atoms with E-state index in [-0.39, 0.29) is 17.2 Å². The Morgan fingerprint density at radius 3 is 2.90 bits per heavy atom. The van der Waals surface area contributed by atoms with Gasteiger partial charge >= 0.3 is 0 Å². The number of Topliss-reactive ketones (excluding diaryl/α,β-unsaturated/α-hetero) is 1. The minimum absolute atomic E-state index is 0.136. The van der Waals surface area contributed by atoms with E-state index in [1.807, 2.05) is 13.8 Å². The molecular weight excluding hydrogens is 274 g/mol. The number of ketones is 1. The van der Waals surface area contributed by atoms with Crippen LogP contribution in [-0.4, -0.2) is 28.7 Å². The van der Waals surface area contributed by atoms with E-state index < -0.39 is 0 Å². The quantitative estimate of drug-likeness (QED) is 0.847. The van der Waals surface area contributed by atoms with Crippen LogP contribution in [0.2, 0.25) is 5.02 Å². The number of aromatic nitrogens is 2. The van der Waals surface area contributed by atoms with Crippen molar-refractivity contribution in [3.63, 3.8) is 0 Å². The zero-order valence-corrected chi connectivity index (χ0v) is 13.3. The van der Waals surface area contributed by atoms with Crippen LogP contribution in [0.25, 0.3) is 0 Å². The zero-order chi connectivity index (χ0) is 14.8. The SMILES string of the molecule is CCCC1(C(=O)c2c(Cl)cnn2C(C)C)CCCNC1. The lowest BCUT2D eigenvalue weighted by Gasteiger charge is -2.36. The summed E-state index contributed by atoms with van der Waals surface area (Å²) in [5.74, 6) is 0.155. The largest absolute Gasteiger partial charge is 0.316 e. The zero-order valence-electron chi connectivity index (χ0n) is 12.6. The minimum atomic E-state index is -0.316. The fourth-order valence-electron chi connectivity index (χ4n) is 3.16. The molecule has 4 nitrogen and oxygen atoms in total. The Kier molecular flexibility index (Phi) is 4.86. The van der Waals surface area contributed by atoms with E-state index in [1.165, 1.54) is 0 Å². The van der Waals surface area contributed by atoms with Crippen LogP contribution in [0.1, 0.15) is 63.0 Å². The smallest absolute Gasteiger partial charge is 0.189 e. The lowest BCUT2D eigenvalue weighted by Crippen LogP contribution is -2.46. The van der Waals surface area contributed by atoms with Crippen LogP contribution >= 0.6 is 11.6 Å². The second-order valence-corrected chi connectivity index (χ2v) is 6.43. The number of halogens is 1. The summed E-state index contributed by atoms with van der Waals surface area (Å²) in [6.45, 7) is 7.91. The van der Waals surface area contributed by atoms with Gasteiger partial charge in [-0.3, -0.25) is 9.48 Å². The third-order valence-corrected chi connectivity index (χ3v) is 4.41. The lowest BCUT2D eigenvalue weighted by molar-refractivity contribution is 0.0704. The van der Waals surface area contributed by atoms with E-state index in [2.05, 4.69) is 17.3 Å². The summed E-state index contributed by atoms with van der Waals surface area (Å²) >= 11 is 6.24. The Hall–Kier alpha value is -0.870. The number of carbonyl (C=O) groups excluding carboxylic acids is 1. The van der Waals surface area contributed by atoms with Crippen molar-refractivity contribution in [1.82, 2.24) is 15.1 Å². The van der Waals surface area contributed by atoms with E-state index in [0.29, 0.717) is 10.7 Å². The van der Waals surface area contributed by atoms with Gasteiger partial charge in [-0.05, 0) is 39.7 Å². The number of hydrogen-bond acceptors (Lipinski definition) is 3. The van der Waals surface area contributed by atoms with Crippen molar-refractivity contribution in [3.8, 4) is 0 Å². The molecule has 5 heteroatoms. The predicted molar refractivity (Wildman–Crippen MR) is 81.4 cm³/mol. The number of carbonyl (C=O) groups is 1. The Bertz CT molecular complexity index is 470. The van der Waals surface area contributed by atoms with Gasteiger partial charge in [0.2, 0.25) is 0 Å². The molecule has 20 heavy (non-hydrogen) atoms. The minimum Gasteiger partial charge on any atom is -0.316 e. The van der Waals surface area contributed by atoms with E-state index in [4.69, 9.17) is 11.6 Å². The van der Waals surface area contributed by atoms with Crippen LogP contribution in [0, 0.1) is 5.41 Å². The highest BCUT2D eigenvalue weighted by Crippen LogP contribution is 2.37. The average molecular weight is 298 g/mol. The standard InChI is InChI=1S/C15H24ClN3O/c1-4-6-15(7-5-8-17-10-15)14(20)13-12(16)9-18-19(13)11(2)3/h9,11,17H,4-8,10H2,1-3H3. The van der Waals surface area contributed by atoms with Gasteiger partial charge in [0.25, 0.3) is 0 Å². The number of piperidine rings is 1. The molecule has 1 aliphatic rings. The first-order valence-corrected chi connectivity index (χ1v) is 7.88. The topological polar surface area (TPSA) is 46.9 Å². The van der Waals surface area contributed by atoms with Gasteiger partial charge in [0.1, 0.15) is 5.69 Å². The average Bonchev–Trinajstić information content (AvgIpc) is 2.81. The van der Waals surface area contributed by atoms with Gasteiger partial charge in [-0.2, -0.15) is 5.10 Å². The van der Waals surface area contributed by atoms with Crippen molar-refractivity contribution >= 4 is 17.4 Å². The van der Waals surface area contributed by atoms with Crippen molar-refractivity contribution < 1.29 is 4.79 Å². The predicted octanol–water partition coefficient (Wildman–Crippen LogP) is 3.47. The maximum Gasteiger partial charge on any atom is 0.189 e. The first-order valence-electron chi connectivity index (χ1n) is 7.50. The first kappa shape index (κ1) is 15.5. The van der Waals surface area contributed by atoms with Crippen LogP contribution in [0.15, 0.2) is 6.20 Å². The van der Waals surface area contributed by atoms with Crippen LogP contribution in [0.5, 0.6) is 0 Å². The summed E-state index contributed by atoms with van der Waals surface area (Å²) in [4.78, 5) is 13.1. The van der Waals surface area contributed by atoms with Gasteiger partial charge in [0, 0.05) is 18.0 Å². The summed E-state index contributed by atoms with van der Waals surface area (Å²) < 4.78 is 1.76. The fourth-order valence-corrected chi connectivity index (χ4v) is 3.38. The molecule has 1 aromatic rings. The fraction of sp³-hybridized carbons (Fsp3) is 0.733. The van der Waals surface area contributed by atoms with Crippen LogP contribution in [0.4, 0.5) is 0 Å². The number of nitrogens with zero attached hydrogens (tertiary/aromatic N) is 2. The van der Waals surface area contributed by atoms with E-state index in [0.717, 1.165) is 38.8 Å². The normalized spacial score (nSPS) is 23.2. The van der Waals surface area contributed by atoms with E-state index in [9.17, 15) is 4.79 Å². The second-order valence-electron chi connectivity index (χ2n) is 6.02. The molecular formula is C15H24ClN3O. The molecule has 1 saturated heterocycles. The highest BCUT2D eigenvalue weighted by molar-refractivity contribution is 6.33. The summed E-state index contributed by atoms with van der Waals surface area (Å²) in [5, 5.41) is 8.12. The van der Waals surface area contributed by atoms with Gasteiger partial charge in [-0.15, -0.1) is 0 Å². The molecule has 1 aliphatic heterocycles. The highest BCUT2D eigenvalue weighted by atomic mass is 35.5. The van der Waals surface area contributed by atoms with Gasteiger partial charge < -0.3 is 5.32 Å². The lowest BCUT2D eigenvalue weighted by atomic mass is 9.72. The van der Waals surface area contributed by atoms with Crippen molar-refractivity contribution in [3.05, 3.63) is 16.9 Å². The second kappa shape index (κ2) is 6.27. The molecule has 1 N–H and O–H groups in total. The molecule has 0 saturated carbocycles. The summed E-state index contributed by atoms with van der Waals surface area (Å²) in [6, 6.07) is 0.136. The molecule has 0 radical (unpaired) electrons. The Morgan fingerprint density at radius 2 is 2.35 bits per heavy atom. The molecule has 2 heterocycles. The maximum absolute atomic E-state index is 13.1. The number of nitrogens with one attached hydrogen (secondary N) is 1. The van der Waals surface area contributed by atoms with Crippen LogP contribution in [0.3, 0.4) is 0 Å².